The quantitative estimate of drug-likeness (QED) is 0.589. The van der Waals surface area contributed by atoms with Gasteiger partial charge in [0.2, 0.25) is 0 Å². The Morgan fingerprint density at radius 2 is 2.06 bits per heavy atom. The summed E-state index contributed by atoms with van der Waals surface area (Å²) in [5.41, 5.74) is 0.921. The minimum atomic E-state index is -0.0148. The number of aromatic hydroxyl groups is 1. The van der Waals surface area contributed by atoms with Crippen LogP contribution in [0.5, 0.6) is 11.5 Å². The van der Waals surface area contributed by atoms with Crippen molar-refractivity contribution in [2.45, 2.75) is 32.6 Å². The summed E-state index contributed by atoms with van der Waals surface area (Å²) >= 11 is 0. The van der Waals surface area contributed by atoms with E-state index in [1.807, 2.05) is 12.2 Å². The zero-order chi connectivity index (χ0) is 13.4. The molecule has 0 saturated heterocycles. The summed E-state index contributed by atoms with van der Waals surface area (Å²) < 4.78 is 5.20. The van der Waals surface area contributed by atoms with Crippen LogP contribution in [-0.4, -0.2) is 18.5 Å². The summed E-state index contributed by atoms with van der Waals surface area (Å²) in [4.78, 5) is 11.0. The van der Waals surface area contributed by atoms with Gasteiger partial charge < -0.3 is 9.84 Å². The molecule has 1 N–H and O–H groups in total. The van der Waals surface area contributed by atoms with Crippen molar-refractivity contribution in [1.29, 1.82) is 0 Å². The first-order valence-corrected chi connectivity index (χ1v) is 6.26. The van der Waals surface area contributed by atoms with Crippen LogP contribution in [0.3, 0.4) is 0 Å². The van der Waals surface area contributed by atoms with E-state index >= 15 is 0 Å². The lowest BCUT2D eigenvalue weighted by Crippen LogP contribution is -1.93. The zero-order valence-corrected chi connectivity index (χ0v) is 11.0. The van der Waals surface area contributed by atoms with Gasteiger partial charge in [-0.05, 0) is 25.0 Å². The Morgan fingerprint density at radius 3 is 2.67 bits per heavy atom. The highest BCUT2D eigenvalue weighted by Crippen LogP contribution is 2.29. The summed E-state index contributed by atoms with van der Waals surface area (Å²) in [5, 5.41) is 9.63. The molecule has 0 spiro atoms. The van der Waals surface area contributed by atoms with Crippen LogP contribution in [0, 0.1) is 0 Å². The van der Waals surface area contributed by atoms with Crippen LogP contribution < -0.4 is 4.74 Å². The van der Waals surface area contributed by atoms with Gasteiger partial charge in [-0.25, -0.2) is 0 Å². The minimum Gasteiger partial charge on any atom is -0.507 e. The number of ether oxygens (including phenoxy) is 1. The fraction of sp³-hybridized carbons (Fsp3) is 0.400. The molecule has 3 heteroatoms. The average molecular weight is 248 g/mol. The summed E-state index contributed by atoms with van der Waals surface area (Å²) in [6.45, 7) is 2.16. The lowest BCUT2D eigenvalue weighted by molar-refractivity contribution is 0.112. The molecule has 0 saturated carbocycles. The van der Waals surface area contributed by atoms with E-state index < -0.39 is 0 Å². The van der Waals surface area contributed by atoms with Gasteiger partial charge in [0, 0.05) is 5.56 Å². The van der Waals surface area contributed by atoms with E-state index in [-0.39, 0.29) is 11.3 Å². The van der Waals surface area contributed by atoms with Crippen LogP contribution in [0.2, 0.25) is 0 Å². The Kier molecular flexibility index (Phi) is 5.98. The standard InChI is InChI=1S/C15H20O3/c1-3-4-5-6-7-8-12-13(11-16)14(17)9-10-15(12)18-2/h7-11,17H,3-6H2,1-2H3/b8-7+. The fourth-order valence-corrected chi connectivity index (χ4v) is 1.79. The minimum absolute atomic E-state index is 0.0148. The van der Waals surface area contributed by atoms with Gasteiger partial charge in [-0.1, -0.05) is 31.9 Å². The number of carbonyl (C=O) groups is 1. The maximum absolute atomic E-state index is 11.0. The third-order valence-electron chi connectivity index (χ3n) is 2.82. The van der Waals surface area contributed by atoms with Gasteiger partial charge in [0.15, 0.2) is 6.29 Å². The first kappa shape index (κ1) is 14.3. The van der Waals surface area contributed by atoms with Crippen molar-refractivity contribution in [1.82, 2.24) is 0 Å². The van der Waals surface area contributed by atoms with Gasteiger partial charge in [-0.2, -0.15) is 0 Å². The second kappa shape index (κ2) is 7.54. The van der Waals surface area contributed by atoms with E-state index in [1.165, 1.54) is 18.9 Å². The summed E-state index contributed by atoms with van der Waals surface area (Å²) in [5.74, 6) is 0.584. The number of aldehydes is 1. The number of phenolic OH excluding ortho intramolecular Hbond substituents is 1. The number of unbranched alkanes of at least 4 members (excludes halogenated alkanes) is 3. The van der Waals surface area contributed by atoms with Crippen molar-refractivity contribution >= 4 is 12.4 Å². The molecule has 0 aliphatic carbocycles. The molecule has 0 bridgehead atoms. The van der Waals surface area contributed by atoms with Crippen molar-refractivity contribution < 1.29 is 14.6 Å². The molecule has 0 aromatic heterocycles. The molecule has 0 unspecified atom stereocenters. The number of hydrogen-bond acceptors (Lipinski definition) is 3. The molecule has 0 atom stereocenters. The van der Waals surface area contributed by atoms with E-state index in [4.69, 9.17) is 4.74 Å². The largest absolute Gasteiger partial charge is 0.507 e. The molecule has 0 aliphatic rings. The molecule has 0 fully saturated rings. The molecule has 0 heterocycles. The van der Waals surface area contributed by atoms with Crippen molar-refractivity contribution in [3.05, 3.63) is 29.3 Å². The summed E-state index contributed by atoms with van der Waals surface area (Å²) in [6, 6.07) is 3.13. The zero-order valence-electron chi connectivity index (χ0n) is 11.0. The van der Waals surface area contributed by atoms with Crippen LogP contribution in [-0.2, 0) is 0 Å². The van der Waals surface area contributed by atoms with Gasteiger partial charge >= 0.3 is 0 Å². The highest BCUT2D eigenvalue weighted by Gasteiger charge is 2.10. The highest BCUT2D eigenvalue weighted by molar-refractivity contribution is 5.87. The lowest BCUT2D eigenvalue weighted by atomic mass is 10.0. The van der Waals surface area contributed by atoms with E-state index in [9.17, 15) is 9.90 Å². The molecule has 18 heavy (non-hydrogen) atoms. The van der Waals surface area contributed by atoms with E-state index in [0.29, 0.717) is 17.6 Å². The van der Waals surface area contributed by atoms with Gasteiger partial charge in [-0.3, -0.25) is 4.79 Å². The maximum atomic E-state index is 11.0. The number of carbonyl (C=O) groups excluding carboxylic acids is 1. The van der Waals surface area contributed by atoms with Crippen molar-refractivity contribution in [3.8, 4) is 11.5 Å². The van der Waals surface area contributed by atoms with Crippen LogP contribution in [0.1, 0.15) is 48.5 Å². The summed E-state index contributed by atoms with van der Waals surface area (Å²) in [6.07, 6.45) is 8.99. The van der Waals surface area contributed by atoms with Gasteiger partial charge in [0.25, 0.3) is 0 Å². The molecule has 0 aliphatic heterocycles. The number of phenols is 1. The second-order valence-corrected chi connectivity index (χ2v) is 4.13. The smallest absolute Gasteiger partial charge is 0.154 e. The first-order chi connectivity index (χ1) is 8.74. The lowest BCUT2D eigenvalue weighted by Gasteiger charge is -2.08. The molecule has 0 amide bonds. The van der Waals surface area contributed by atoms with Crippen molar-refractivity contribution in [2.75, 3.05) is 7.11 Å². The molecular weight excluding hydrogens is 228 g/mol. The summed E-state index contributed by atoms with van der Waals surface area (Å²) in [7, 11) is 1.55. The van der Waals surface area contributed by atoms with Crippen LogP contribution >= 0.6 is 0 Å². The number of allylic oxidation sites excluding steroid dienone is 1. The third kappa shape index (κ3) is 3.62. The van der Waals surface area contributed by atoms with Gasteiger partial charge in [0.05, 0.1) is 12.7 Å². The Labute approximate surface area is 108 Å². The Morgan fingerprint density at radius 1 is 1.28 bits per heavy atom. The van der Waals surface area contributed by atoms with Gasteiger partial charge in [0.1, 0.15) is 11.5 Å². The Balaban J connectivity index is 2.91. The monoisotopic (exact) mass is 248 g/mol. The Bertz CT molecular complexity index is 422. The number of hydrogen-bond donors (Lipinski definition) is 1. The average Bonchev–Trinajstić information content (AvgIpc) is 2.39. The SMILES string of the molecule is CCCCC/C=C/c1c(OC)ccc(O)c1C=O. The number of benzene rings is 1. The van der Waals surface area contributed by atoms with Crippen molar-refractivity contribution in [2.24, 2.45) is 0 Å². The highest BCUT2D eigenvalue weighted by atomic mass is 16.5. The molecule has 0 radical (unpaired) electrons. The number of rotatable bonds is 7. The molecule has 3 nitrogen and oxygen atoms in total. The van der Waals surface area contributed by atoms with E-state index in [1.54, 1.807) is 13.2 Å². The first-order valence-electron chi connectivity index (χ1n) is 6.26. The van der Waals surface area contributed by atoms with Crippen molar-refractivity contribution in [3.63, 3.8) is 0 Å². The predicted molar refractivity (Wildman–Crippen MR) is 73.2 cm³/mol. The van der Waals surface area contributed by atoms with Crippen LogP contribution in [0.25, 0.3) is 6.08 Å². The second-order valence-electron chi connectivity index (χ2n) is 4.13. The maximum Gasteiger partial charge on any atom is 0.154 e. The van der Waals surface area contributed by atoms with E-state index in [0.717, 1.165) is 12.8 Å². The topological polar surface area (TPSA) is 46.5 Å². The molecule has 1 aromatic rings. The van der Waals surface area contributed by atoms with E-state index in [2.05, 4.69) is 6.92 Å². The van der Waals surface area contributed by atoms with Crippen LogP contribution in [0.4, 0.5) is 0 Å². The van der Waals surface area contributed by atoms with Crippen LogP contribution in [0.15, 0.2) is 18.2 Å². The predicted octanol–water partition coefficient (Wildman–Crippen LogP) is 3.81. The van der Waals surface area contributed by atoms with Gasteiger partial charge in [-0.15, -0.1) is 0 Å². The normalized spacial score (nSPS) is 10.8. The Hall–Kier alpha value is -1.77. The third-order valence-corrected chi connectivity index (χ3v) is 2.82. The molecule has 1 rings (SSSR count). The molecular formula is C15H20O3. The number of methoxy groups -OCH3 is 1. The molecule has 1 aromatic carbocycles. The fourth-order valence-electron chi connectivity index (χ4n) is 1.79. The molecule has 98 valence electrons.